The molecule has 1 aliphatic carbocycles. The molecule has 2 heterocycles. The van der Waals surface area contributed by atoms with Gasteiger partial charge in [0, 0.05) is 32.3 Å². The summed E-state index contributed by atoms with van der Waals surface area (Å²) in [6.45, 7) is 6.76. The Morgan fingerprint density at radius 3 is 2.50 bits per heavy atom. The first kappa shape index (κ1) is 20.2. The number of guanidine groups is 1. The Kier molecular flexibility index (Phi) is 9.11. The third-order valence-electron chi connectivity index (χ3n) is 5.28. The molecule has 140 valence electrons. The fourth-order valence-electron chi connectivity index (χ4n) is 3.54. The van der Waals surface area contributed by atoms with E-state index in [0.29, 0.717) is 18.2 Å². The molecule has 0 bridgehead atoms. The standard InChI is InChI=1S/C18H33N3O2.HI/c1-2-19-18(20-15-6-5-7-15)21-11-9-16(10-12-21)23-14-17-8-3-4-13-22-17;/h15-17H,2-14H2,1H3,(H,19,20);1H. The molecule has 1 N–H and O–H groups in total. The molecule has 0 amide bonds. The van der Waals surface area contributed by atoms with Gasteiger partial charge < -0.3 is 19.7 Å². The van der Waals surface area contributed by atoms with Crippen molar-refractivity contribution in [2.24, 2.45) is 4.99 Å². The van der Waals surface area contributed by atoms with Crippen LogP contribution < -0.4 is 5.32 Å². The number of hydrogen-bond acceptors (Lipinski definition) is 3. The first-order valence-corrected chi connectivity index (χ1v) is 9.64. The van der Waals surface area contributed by atoms with Gasteiger partial charge in [0.15, 0.2) is 5.96 Å². The molecular weight excluding hydrogens is 417 g/mol. The van der Waals surface area contributed by atoms with E-state index in [4.69, 9.17) is 9.47 Å². The summed E-state index contributed by atoms with van der Waals surface area (Å²) < 4.78 is 11.9. The molecule has 0 aromatic heterocycles. The molecule has 1 saturated carbocycles. The zero-order valence-electron chi connectivity index (χ0n) is 15.0. The quantitative estimate of drug-likeness (QED) is 0.396. The summed E-state index contributed by atoms with van der Waals surface area (Å²) in [5.74, 6) is 1.12. The van der Waals surface area contributed by atoms with E-state index < -0.39 is 0 Å². The van der Waals surface area contributed by atoms with Crippen LogP contribution in [0.4, 0.5) is 0 Å². The fourth-order valence-corrected chi connectivity index (χ4v) is 3.54. The maximum atomic E-state index is 6.11. The topological polar surface area (TPSA) is 46.1 Å². The van der Waals surface area contributed by atoms with Gasteiger partial charge in [-0.2, -0.15) is 0 Å². The Morgan fingerprint density at radius 1 is 1.12 bits per heavy atom. The molecule has 0 spiro atoms. The SMILES string of the molecule is CCN=C(NC1CCC1)N1CCC(OCC2CCCCO2)CC1.I. The zero-order valence-corrected chi connectivity index (χ0v) is 17.4. The van der Waals surface area contributed by atoms with E-state index in [-0.39, 0.29) is 24.0 Å². The molecule has 1 atom stereocenters. The average Bonchev–Trinajstić information content (AvgIpc) is 2.56. The van der Waals surface area contributed by atoms with Gasteiger partial charge >= 0.3 is 0 Å². The van der Waals surface area contributed by atoms with Crippen LogP contribution in [0.1, 0.15) is 58.3 Å². The summed E-state index contributed by atoms with van der Waals surface area (Å²) in [6.07, 6.45) is 10.5. The monoisotopic (exact) mass is 451 g/mol. The highest BCUT2D eigenvalue weighted by Crippen LogP contribution is 2.20. The summed E-state index contributed by atoms with van der Waals surface area (Å²) in [5, 5.41) is 3.64. The summed E-state index contributed by atoms with van der Waals surface area (Å²) in [4.78, 5) is 7.10. The minimum absolute atomic E-state index is 0. The number of likely N-dealkylation sites (tertiary alicyclic amines) is 1. The molecule has 5 nitrogen and oxygen atoms in total. The number of hydrogen-bond donors (Lipinski definition) is 1. The highest BCUT2D eigenvalue weighted by Gasteiger charge is 2.26. The van der Waals surface area contributed by atoms with Crippen molar-refractivity contribution in [3.05, 3.63) is 0 Å². The van der Waals surface area contributed by atoms with Crippen molar-refractivity contribution in [3.8, 4) is 0 Å². The number of halogens is 1. The van der Waals surface area contributed by atoms with Gasteiger partial charge in [-0.3, -0.25) is 4.99 Å². The highest BCUT2D eigenvalue weighted by atomic mass is 127. The average molecular weight is 451 g/mol. The molecule has 2 saturated heterocycles. The third-order valence-corrected chi connectivity index (χ3v) is 5.28. The molecule has 0 aromatic carbocycles. The molecule has 0 radical (unpaired) electrons. The smallest absolute Gasteiger partial charge is 0.194 e. The Bertz CT molecular complexity index is 376. The predicted molar refractivity (Wildman–Crippen MR) is 108 cm³/mol. The highest BCUT2D eigenvalue weighted by molar-refractivity contribution is 14.0. The van der Waals surface area contributed by atoms with Crippen LogP contribution in [0, 0.1) is 0 Å². The van der Waals surface area contributed by atoms with Crippen molar-refractivity contribution < 1.29 is 9.47 Å². The molecular formula is C18H34IN3O2. The molecule has 3 rings (SSSR count). The maximum Gasteiger partial charge on any atom is 0.194 e. The van der Waals surface area contributed by atoms with Crippen molar-refractivity contribution in [1.29, 1.82) is 0 Å². The lowest BCUT2D eigenvalue weighted by molar-refractivity contribution is -0.0721. The van der Waals surface area contributed by atoms with Crippen molar-refractivity contribution in [2.75, 3.05) is 32.8 Å². The van der Waals surface area contributed by atoms with E-state index in [0.717, 1.165) is 58.1 Å². The van der Waals surface area contributed by atoms with Crippen LogP contribution in [0.5, 0.6) is 0 Å². The van der Waals surface area contributed by atoms with Crippen LogP contribution in [-0.2, 0) is 9.47 Å². The number of aliphatic imine (C=N–C) groups is 1. The van der Waals surface area contributed by atoms with E-state index in [9.17, 15) is 0 Å². The van der Waals surface area contributed by atoms with E-state index in [1.54, 1.807) is 0 Å². The predicted octanol–water partition coefficient (Wildman–Crippen LogP) is 3.17. The van der Waals surface area contributed by atoms with Crippen molar-refractivity contribution in [2.45, 2.75) is 76.5 Å². The van der Waals surface area contributed by atoms with Crippen molar-refractivity contribution in [3.63, 3.8) is 0 Å². The van der Waals surface area contributed by atoms with E-state index >= 15 is 0 Å². The number of piperidine rings is 1. The van der Waals surface area contributed by atoms with Gasteiger partial charge in [0.2, 0.25) is 0 Å². The van der Waals surface area contributed by atoms with Crippen LogP contribution in [0.25, 0.3) is 0 Å². The number of ether oxygens (including phenoxy) is 2. The van der Waals surface area contributed by atoms with Crippen LogP contribution >= 0.6 is 24.0 Å². The molecule has 3 fully saturated rings. The van der Waals surface area contributed by atoms with Gasteiger partial charge in [0.25, 0.3) is 0 Å². The second-order valence-corrected chi connectivity index (χ2v) is 7.08. The fraction of sp³-hybridized carbons (Fsp3) is 0.944. The number of nitrogens with one attached hydrogen (secondary N) is 1. The second-order valence-electron chi connectivity index (χ2n) is 7.08. The molecule has 2 aliphatic heterocycles. The minimum atomic E-state index is 0. The summed E-state index contributed by atoms with van der Waals surface area (Å²) in [5.41, 5.74) is 0. The normalized spacial score (nSPS) is 26.6. The third kappa shape index (κ3) is 6.02. The molecule has 3 aliphatic rings. The largest absolute Gasteiger partial charge is 0.376 e. The van der Waals surface area contributed by atoms with Crippen LogP contribution in [-0.4, -0.2) is 62.0 Å². The van der Waals surface area contributed by atoms with Gasteiger partial charge in [0.05, 0.1) is 18.8 Å². The second kappa shape index (κ2) is 10.8. The van der Waals surface area contributed by atoms with Gasteiger partial charge in [-0.05, 0) is 58.3 Å². The minimum Gasteiger partial charge on any atom is -0.376 e. The number of nitrogens with zero attached hydrogens (tertiary/aromatic N) is 2. The van der Waals surface area contributed by atoms with E-state index in [2.05, 4.69) is 22.1 Å². The first-order chi connectivity index (χ1) is 11.3. The summed E-state index contributed by atoms with van der Waals surface area (Å²) in [7, 11) is 0. The summed E-state index contributed by atoms with van der Waals surface area (Å²) in [6, 6.07) is 0.651. The lowest BCUT2D eigenvalue weighted by Gasteiger charge is -2.37. The zero-order chi connectivity index (χ0) is 15.9. The van der Waals surface area contributed by atoms with Gasteiger partial charge in [0.1, 0.15) is 0 Å². The lowest BCUT2D eigenvalue weighted by atomic mass is 9.93. The van der Waals surface area contributed by atoms with E-state index in [1.165, 1.54) is 32.1 Å². The molecule has 24 heavy (non-hydrogen) atoms. The van der Waals surface area contributed by atoms with Gasteiger partial charge in [-0.15, -0.1) is 24.0 Å². The lowest BCUT2D eigenvalue weighted by Crippen LogP contribution is -2.51. The van der Waals surface area contributed by atoms with E-state index in [1.807, 2.05) is 0 Å². The van der Waals surface area contributed by atoms with Crippen LogP contribution in [0.3, 0.4) is 0 Å². The summed E-state index contributed by atoms with van der Waals surface area (Å²) >= 11 is 0. The maximum absolute atomic E-state index is 6.11. The first-order valence-electron chi connectivity index (χ1n) is 9.64. The number of rotatable bonds is 5. The van der Waals surface area contributed by atoms with Gasteiger partial charge in [-0.25, -0.2) is 0 Å². The molecule has 6 heteroatoms. The van der Waals surface area contributed by atoms with Crippen LogP contribution in [0.2, 0.25) is 0 Å². The Hall–Kier alpha value is -0.0800. The molecule has 0 aromatic rings. The Labute approximate surface area is 164 Å². The van der Waals surface area contributed by atoms with Gasteiger partial charge in [-0.1, -0.05) is 0 Å². The van der Waals surface area contributed by atoms with Crippen molar-refractivity contribution >= 4 is 29.9 Å². The Balaban J connectivity index is 0.00000208. The Morgan fingerprint density at radius 2 is 1.92 bits per heavy atom. The van der Waals surface area contributed by atoms with Crippen LogP contribution in [0.15, 0.2) is 4.99 Å². The van der Waals surface area contributed by atoms with Crippen molar-refractivity contribution in [1.82, 2.24) is 10.2 Å². The molecule has 1 unspecified atom stereocenters.